The molecule has 8 rings (SSSR count). The average Bonchev–Trinajstić information content (AvgIpc) is 3.34. The maximum atomic E-state index is 12.3. The molecule has 8 aromatic rings. The zero-order chi connectivity index (χ0) is 43.8. The number of hydrogen-bond donors (Lipinski definition) is 0. The first-order valence-corrected chi connectivity index (χ1v) is 20.4. The summed E-state index contributed by atoms with van der Waals surface area (Å²) in [6.07, 6.45) is 7.00. The van der Waals surface area contributed by atoms with Gasteiger partial charge in [0.15, 0.2) is 0 Å². The van der Waals surface area contributed by atoms with Crippen LogP contribution < -0.4 is 20.4 Å². The average molecular weight is 1070 g/mol. The number of halogens is 2. The summed E-state index contributed by atoms with van der Waals surface area (Å²) >= 11 is 6.72. The van der Waals surface area contributed by atoms with E-state index in [2.05, 4.69) is 62.2 Å². The van der Waals surface area contributed by atoms with Crippen molar-refractivity contribution in [3.8, 4) is 11.5 Å². The molecule has 326 valence electrons. The summed E-state index contributed by atoms with van der Waals surface area (Å²) in [5, 5.41) is 64.8. The molecule has 0 saturated carbocycles. The van der Waals surface area contributed by atoms with E-state index in [0.29, 0.717) is 44.8 Å². The molecule has 6 aromatic carbocycles. The smallest absolute Gasteiger partial charge is 0.872 e. The van der Waals surface area contributed by atoms with Crippen molar-refractivity contribution in [3.63, 3.8) is 0 Å². The van der Waals surface area contributed by atoms with Crippen LogP contribution in [0.5, 0.6) is 11.5 Å². The van der Waals surface area contributed by atoms with Gasteiger partial charge in [0.05, 0.1) is 11.4 Å². The van der Waals surface area contributed by atoms with E-state index in [4.69, 9.17) is 0 Å². The summed E-state index contributed by atoms with van der Waals surface area (Å²) in [6, 6.07) is 56.8. The maximum Gasteiger partial charge on any atom is 2.00 e. The van der Waals surface area contributed by atoms with Crippen LogP contribution in [0.3, 0.4) is 0 Å². The van der Waals surface area contributed by atoms with Gasteiger partial charge in [-0.05, 0) is 70.8 Å². The van der Waals surface area contributed by atoms with Gasteiger partial charge in [0, 0.05) is 56.7 Å². The van der Waals surface area contributed by atoms with Gasteiger partial charge < -0.3 is 20.4 Å². The summed E-state index contributed by atoms with van der Waals surface area (Å²) in [5.74, 6) is -1.30. The van der Waals surface area contributed by atoms with E-state index < -0.39 is 11.8 Å². The van der Waals surface area contributed by atoms with Gasteiger partial charge in [-0.1, -0.05) is 189 Å². The number of aromatic nitrogens is 2. The molecule has 2 aromatic heterocycles. The first-order chi connectivity index (χ1) is 30.3. The molecule has 0 saturated heterocycles. The first-order valence-electron chi connectivity index (χ1n) is 18.8. The Morgan fingerprint density at radius 1 is 0.359 bits per heavy atom. The summed E-state index contributed by atoms with van der Waals surface area (Å²) in [4.78, 5) is 7.57. The molecule has 0 aliphatic rings. The van der Waals surface area contributed by atoms with Gasteiger partial charge in [0.2, 0.25) is 0 Å². The second-order valence-corrected chi connectivity index (χ2v) is 14.3. The summed E-state index contributed by atoms with van der Waals surface area (Å²) in [6.45, 7) is 0. The third kappa shape index (κ3) is 17.3. The quantitative estimate of drug-likeness (QED) is 0.0642. The van der Waals surface area contributed by atoms with E-state index in [-0.39, 0.29) is 45.6 Å². The maximum absolute atomic E-state index is 12.3. The molecule has 0 spiro atoms. The second kappa shape index (κ2) is 29.0. The largest absolute Gasteiger partial charge is 2.00 e. The van der Waals surface area contributed by atoms with E-state index in [0.717, 1.165) is 8.95 Å². The van der Waals surface area contributed by atoms with E-state index in [1.807, 2.05) is 109 Å². The zero-order valence-corrected chi connectivity index (χ0v) is 38.5. The van der Waals surface area contributed by atoms with Crippen LogP contribution in [0.1, 0.15) is 33.4 Å². The third-order valence-corrected chi connectivity index (χ3v) is 9.13. The van der Waals surface area contributed by atoms with Crippen molar-refractivity contribution >= 4 is 55.1 Å². The minimum Gasteiger partial charge on any atom is -0.872 e. The minimum absolute atomic E-state index is 0. The van der Waals surface area contributed by atoms with Crippen LogP contribution in [0, 0.1) is 0 Å². The van der Waals surface area contributed by atoms with Crippen LogP contribution in [0.2, 0.25) is 0 Å². The second-order valence-electron chi connectivity index (χ2n) is 12.5. The normalized spacial score (nSPS) is 11.0. The number of rotatable bonds is 8. The van der Waals surface area contributed by atoms with E-state index in [1.54, 1.807) is 97.6 Å². The van der Waals surface area contributed by atoms with Crippen LogP contribution in [-0.2, 0) is 34.1 Å². The fourth-order valence-corrected chi connectivity index (χ4v) is 5.92. The molecule has 0 aliphatic heterocycles. The molecule has 64 heavy (non-hydrogen) atoms. The molecule has 10 nitrogen and oxygen atoms in total. The Bertz CT molecular complexity index is 2450. The first kappa shape index (κ1) is 51.8. The van der Waals surface area contributed by atoms with Crippen LogP contribution in [0.15, 0.2) is 248 Å². The Balaban J connectivity index is 0.000000263. The topological polar surface area (TPSA) is 167 Å². The molecule has 0 atom stereocenters. The Kier molecular flexibility index (Phi) is 23.5. The Labute approximate surface area is 409 Å². The van der Waals surface area contributed by atoms with Crippen LogP contribution in [-0.4, -0.2) is 33.2 Å². The number of benzene rings is 6. The minimum atomic E-state index is -0.462. The number of hydrogen-bond acceptors (Lipinski definition) is 10. The number of pyridine rings is 2. The van der Waals surface area contributed by atoms with Crippen molar-refractivity contribution in [1.82, 2.24) is 9.97 Å². The standard InChI is InChI=1S/2C20H15BrN2O2.2C5H5N.2Cu/c2*21-16-11-12-18(24)17(13-16)19(14-7-3-1-4-8-14)22-23-20(25)15-9-5-2-6-10-15;2*1-2-4-6-5-3-1;;/h2*1-13,24H,(H,23,25);2*1-5H;;/q;;;;2*+2/p-4/b2*22-19+;;;;. The Morgan fingerprint density at radius 2 is 0.641 bits per heavy atom. The molecule has 0 bridgehead atoms. The molecule has 0 N–H and O–H groups in total. The third-order valence-electron chi connectivity index (χ3n) is 8.14. The summed E-state index contributed by atoms with van der Waals surface area (Å²) in [7, 11) is 0. The summed E-state index contributed by atoms with van der Waals surface area (Å²) in [5.41, 5.74) is 3.78. The summed E-state index contributed by atoms with van der Waals surface area (Å²) < 4.78 is 1.50. The van der Waals surface area contributed by atoms with E-state index in [1.165, 1.54) is 12.1 Å². The van der Waals surface area contributed by atoms with Crippen molar-refractivity contribution in [2.75, 3.05) is 0 Å². The van der Waals surface area contributed by atoms with Crippen molar-refractivity contribution < 1.29 is 54.6 Å². The molecule has 2 heterocycles. The van der Waals surface area contributed by atoms with Crippen LogP contribution in [0.4, 0.5) is 0 Å². The molecule has 0 unspecified atom stereocenters. The fraction of sp³-hybridized carbons (Fsp3) is 0. The van der Waals surface area contributed by atoms with Crippen LogP contribution >= 0.6 is 31.9 Å². The predicted molar refractivity (Wildman–Crippen MR) is 246 cm³/mol. The van der Waals surface area contributed by atoms with Gasteiger partial charge in [0.25, 0.3) is 0 Å². The van der Waals surface area contributed by atoms with Gasteiger partial charge in [-0.25, -0.2) is 0 Å². The molecular weight excluding hydrogens is 1040 g/mol. The Morgan fingerprint density at radius 3 is 0.906 bits per heavy atom. The van der Waals surface area contributed by atoms with Crippen LogP contribution in [0.25, 0.3) is 0 Å². The van der Waals surface area contributed by atoms with Crippen molar-refractivity contribution in [2.24, 2.45) is 20.4 Å². The Hall–Kier alpha value is -6.50. The van der Waals surface area contributed by atoms with Gasteiger partial charge in [-0.15, -0.1) is 0 Å². The van der Waals surface area contributed by atoms with Crippen molar-refractivity contribution in [1.29, 1.82) is 0 Å². The zero-order valence-electron chi connectivity index (χ0n) is 33.5. The van der Waals surface area contributed by atoms with Gasteiger partial charge in [-0.3, -0.25) is 9.97 Å². The molecule has 0 aliphatic carbocycles. The molecule has 0 fully saturated rings. The molecular formula is C50H36Br2Cu2N6O4. The fourth-order valence-electron chi connectivity index (χ4n) is 5.19. The number of nitrogens with zero attached hydrogens (tertiary/aromatic N) is 6. The van der Waals surface area contributed by atoms with Gasteiger partial charge in [0.1, 0.15) is 0 Å². The molecule has 0 amide bonds. The van der Waals surface area contributed by atoms with Crippen molar-refractivity contribution in [2.45, 2.75) is 0 Å². The van der Waals surface area contributed by atoms with Crippen molar-refractivity contribution in [3.05, 3.63) is 261 Å². The predicted octanol–water partition coefficient (Wildman–Crippen LogP) is 8.32. The molecule has 2 radical (unpaired) electrons. The van der Waals surface area contributed by atoms with Gasteiger partial charge in [-0.2, -0.15) is 20.4 Å². The molecule has 14 heteroatoms. The monoisotopic (exact) mass is 1070 g/mol. The van der Waals surface area contributed by atoms with Gasteiger partial charge >= 0.3 is 34.1 Å². The van der Waals surface area contributed by atoms with E-state index >= 15 is 0 Å². The SMILES string of the molecule is [Cu+2].[Cu+2].[O-]/C(=N\N=C(/c1ccccc1)c1cc(Br)ccc1[O-])c1ccccc1.[O-]/C(=N\N=C(/c1ccccc1)c1cc(Br)ccc1[O-])c1ccccc1.c1ccncc1.c1ccncc1. The van der Waals surface area contributed by atoms with E-state index in [9.17, 15) is 20.4 Å².